The van der Waals surface area contributed by atoms with Crippen molar-refractivity contribution in [3.63, 3.8) is 0 Å². The lowest BCUT2D eigenvalue weighted by Gasteiger charge is -2.11. The van der Waals surface area contributed by atoms with E-state index in [2.05, 4.69) is 0 Å². The maximum atomic E-state index is 13.1. The van der Waals surface area contributed by atoms with E-state index in [1.807, 2.05) is 6.92 Å². The van der Waals surface area contributed by atoms with Crippen molar-refractivity contribution in [3.05, 3.63) is 24.0 Å². The van der Waals surface area contributed by atoms with Gasteiger partial charge in [-0.1, -0.05) is 0 Å². The summed E-state index contributed by atoms with van der Waals surface area (Å²) < 4.78 is 29.0. The molecule has 88 valence electrons. The molecule has 1 saturated heterocycles. The van der Waals surface area contributed by atoms with Gasteiger partial charge in [-0.3, -0.25) is 0 Å². The molecule has 0 aromatic heterocycles. The summed E-state index contributed by atoms with van der Waals surface area (Å²) in [4.78, 5) is 0. The van der Waals surface area contributed by atoms with Gasteiger partial charge in [0, 0.05) is 6.07 Å². The lowest BCUT2D eigenvalue weighted by molar-refractivity contribution is -0.0487. The van der Waals surface area contributed by atoms with E-state index in [9.17, 15) is 4.39 Å². The third-order valence-electron chi connectivity index (χ3n) is 2.31. The fourth-order valence-corrected chi connectivity index (χ4v) is 1.47. The van der Waals surface area contributed by atoms with Crippen molar-refractivity contribution in [1.29, 1.82) is 0 Å². The van der Waals surface area contributed by atoms with Crippen molar-refractivity contribution < 1.29 is 18.6 Å². The van der Waals surface area contributed by atoms with E-state index < -0.39 is 5.82 Å². The molecule has 0 bridgehead atoms. The Balaban J connectivity index is 1.87. The zero-order valence-electron chi connectivity index (χ0n) is 8.98. The van der Waals surface area contributed by atoms with Gasteiger partial charge >= 0.3 is 0 Å². The number of halogens is 1. The molecule has 2 N–H and O–H groups in total. The lowest BCUT2D eigenvalue weighted by Crippen LogP contribution is -2.20. The molecule has 2 unspecified atom stereocenters. The maximum Gasteiger partial charge on any atom is 0.155 e. The van der Waals surface area contributed by atoms with Crippen LogP contribution in [-0.2, 0) is 9.47 Å². The van der Waals surface area contributed by atoms with Gasteiger partial charge in [0.2, 0.25) is 0 Å². The van der Waals surface area contributed by atoms with Gasteiger partial charge in [0.25, 0.3) is 0 Å². The first-order valence-corrected chi connectivity index (χ1v) is 5.10. The summed E-state index contributed by atoms with van der Waals surface area (Å²) >= 11 is 0. The molecule has 0 aliphatic carbocycles. The largest absolute Gasteiger partial charge is 0.491 e. The quantitative estimate of drug-likeness (QED) is 0.796. The fraction of sp³-hybridized carbons (Fsp3) is 0.455. The third-order valence-corrected chi connectivity index (χ3v) is 2.31. The van der Waals surface area contributed by atoms with Crippen molar-refractivity contribution >= 4 is 5.69 Å². The molecule has 0 radical (unpaired) electrons. The van der Waals surface area contributed by atoms with Gasteiger partial charge in [-0.15, -0.1) is 0 Å². The molecule has 2 atom stereocenters. The summed E-state index contributed by atoms with van der Waals surface area (Å²) in [5, 5.41) is 0. The first kappa shape index (κ1) is 11.2. The Labute approximate surface area is 93.1 Å². The van der Waals surface area contributed by atoms with E-state index >= 15 is 0 Å². The number of nitrogens with two attached hydrogens (primary N) is 1. The summed E-state index contributed by atoms with van der Waals surface area (Å²) in [5.74, 6) is -0.0377. The highest BCUT2D eigenvalue weighted by molar-refractivity contribution is 5.43. The molecule has 1 aromatic carbocycles. The van der Waals surface area contributed by atoms with Gasteiger partial charge in [-0.25, -0.2) is 4.39 Å². The first-order valence-electron chi connectivity index (χ1n) is 5.10. The van der Waals surface area contributed by atoms with E-state index in [1.54, 1.807) is 6.07 Å². The van der Waals surface area contributed by atoms with Crippen LogP contribution in [0, 0.1) is 5.82 Å². The van der Waals surface area contributed by atoms with Crippen molar-refractivity contribution in [3.8, 4) is 5.75 Å². The summed E-state index contributed by atoms with van der Waals surface area (Å²) in [5.41, 5.74) is 5.46. The van der Waals surface area contributed by atoms with Crippen LogP contribution in [0.1, 0.15) is 6.92 Å². The number of benzene rings is 1. The molecular weight excluding hydrogens is 213 g/mol. The number of ether oxygens (including phenoxy) is 3. The van der Waals surface area contributed by atoms with Gasteiger partial charge in [0.1, 0.15) is 24.3 Å². The van der Waals surface area contributed by atoms with Gasteiger partial charge in [0.15, 0.2) is 6.29 Å². The smallest absolute Gasteiger partial charge is 0.155 e. The Bertz CT molecular complexity index is 372. The minimum absolute atomic E-state index is 0.101. The molecule has 4 nitrogen and oxygen atoms in total. The van der Waals surface area contributed by atoms with Crippen LogP contribution in [0.4, 0.5) is 10.1 Å². The predicted octanol–water partition coefficient (Wildman–Crippen LogP) is 1.55. The zero-order chi connectivity index (χ0) is 11.5. The molecule has 0 spiro atoms. The molecular formula is C11H14FNO3. The molecule has 0 saturated carbocycles. The molecule has 1 aliphatic rings. The third kappa shape index (κ3) is 2.62. The van der Waals surface area contributed by atoms with Gasteiger partial charge in [-0.05, 0) is 19.1 Å². The number of rotatable bonds is 3. The SMILES string of the molecule is CC1OCC(COc2ccc(N)c(F)c2)O1. The number of nitrogen functional groups attached to an aromatic ring is 1. The van der Waals surface area contributed by atoms with Crippen LogP contribution in [0.15, 0.2) is 18.2 Å². The second-order valence-corrected chi connectivity index (χ2v) is 3.65. The average Bonchev–Trinajstić information content (AvgIpc) is 2.66. The zero-order valence-corrected chi connectivity index (χ0v) is 8.98. The molecule has 1 fully saturated rings. The standard InChI is InChI=1S/C11H14FNO3/c1-7-14-5-9(16-7)6-15-8-2-3-11(13)10(12)4-8/h2-4,7,9H,5-6,13H2,1H3. The molecule has 2 rings (SSSR count). The Kier molecular flexibility index (Phi) is 3.26. The minimum Gasteiger partial charge on any atom is -0.491 e. The Hall–Kier alpha value is -1.33. The van der Waals surface area contributed by atoms with E-state index in [1.165, 1.54) is 12.1 Å². The summed E-state index contributed by atoms with van der Waals surface area (Å²) in [6, 6.07) is 4.35. The van der Waals surface area contributed by atoms with E-state index in [0.29, 0.717) is 19.0 Å². The average molecular weight is 227 g/mol. The summed E-state index contributed by atoms with van der Waals surface area (Å²) in [7, 11) is 0. The van der Waals surface area contributed by atoms with Crippen LogP contribution in [0.2, 0.25) is 0 Å². The molecule has 1 heterocycles. The highest BCUT2D eigenvalue weighted by atomic mass is 19.1. The Morgan fingerprint density at radius 1 is 1.56 bits per heavy atom. The second-order valence-electron chi connectivity index (χ2n) is 3.65. The molecule has 16 heavy (non-hydrogen) atoms. The van der Waals surface area contributed by atoms with Gasteiger partial charge in [0.05, 0.1) is 12.3 Å². The lowest BCUT2D eigenvalue weighted by atomic mass is 10.3. The number of anilines is 1. The highest BCUT2D eigenvalue weighted by Gasteiger charge is 2.22. The van der Waals surface area contributed by atoms with E-state index in [-0.39, 0.29) is 18.1 Å². The van der Waals surface area contributed by atoms with Crippen LogP contribution in [-0.4, -0.2) is 25.6 Å². The van der Waals surface area contributed by atoms with Crippen molar-refractivity contribution in [1.82, 2.24) is 0 Å². The van der Waals surface area contributed by atoms with Gasteiger partial charge < -0.3 is 19.9 Å². The number of hydrogen-bond donors (Lipinski definition) is 1. The van der Waals surface area contributed by atoms with Crippen LogP contribution < -0.4 is 10.5 Å². The van der Waals surface area contributed by atoms with Crippen molar-refractivity contribution in [2.24, 2.45) is 0 Å². The second kappa shape index (κ2) is 4.67. The highest BCUT2D eigenvalue weighted by Crippen LogP contribution is 2.19. The topological polar surface area (TPSA) is 53.7 Å². The molecule has 0 amide bonds. The molecule has 1 aromatic rings. The van der Waals surface area contributed by atoms with E-state index in [4.69, 9.17) is 19.9 Å². The molecule has 5 heteroatoms. The van der Waals surface area contributed by atoms with Crippen molar-refractivity contribution in [2.45, 2.75) is 19.3 Å². The van der Waals surface area contributed by atoms with Gasteiger partial charge in [-0.2, -0.15) is 0 Å². The normalized spacial score (nSPS) is 24.6. The van der Waals surface area contributed by atoms with E-state index in [0.717, 1.165) is 0 Å². The van der Waals surface area contributed by atoms with Crippen LogP contribution in [0.5, 0.6) is 5.75 Å². The van der Waals surface area contributed by atoms with Crippen LogP contribution in [0.25, 0.3) is 0 Å². The Morgan fingerprint density at radius 3 is 3.00 bits per heavy atom. The monoisotopic (exact) mass is 227 g/mol. The van der Waals surface area contributed by atoms with Crippen LogP contribution in [0.3, 0.4) is 0 Å². The summed E-state index contributed by atoms with van der Waals surface area (Å²) in [6.45, 7) is 2.66. The fourth-order valence-electron chi connectivity index (χ4n) is 1.47. The maximum absolute atomic E-state index is 13.1. The van der Waals surface area contributed by atoms with Crippen molar-refractivity contribution in [2.75, 3.05) is 18.9 Å². The number of hydrogen-bond acceptors (Lipinski definition) is 4. The van der Waals surface area contributed by atoms with Crippen LogP contribution >= 0.6 is 0 Å². The molecule has 1 aliphatic heterocycles. The minimum atomic E-state index is -0.477. The Morgan fingerprint density at radius 2 is 2.38 bits per heavy atom. The summed E-state index contributed by atoms with van der Waals surface area (Å²) in [6.07, 6.45) is -0.299. The first-order chi connectivity index (χ1) is 7.65. The predicted molar refractivity (Wildman–Crippen MR) is 56.6 cm³/mol.